The normalized spacial score (nSPS) is 9.23. The van der Waals surface area contributed by atoms with Crippen molar-refractivity contribution in [2.75, 3.05) is 0 Å². The lowest BCUT2D eigenvalue weighted by Crippen LogP contribution is -1.84. The highest BCUT2D eigenvalue weighted by atomic mass is 16.1. The zero-order valence-corrected chi connectivity index (χ0v) is 8.55. The molecule has 0 spiro atoms. The van der Waals surface area contributed by atoms with Crippen LogP contribution in [0.3, 0.4) is 0 Å². The summed E-state index contributed by atoms with van der Waals surface area (Å²) in [4.78, 5) is 10.2. The van der Waals surface area contributed by atoms with Gasteiger partial charge in [-0.1, -0.05) is 51.8 Å². The van der Waals surface area contributed by atoms with E-state index in [4.69, 9.17) is 0 Å². The predicted octanol–water partition coefficient (Wildman–Crippen LogP) is 3.46. The molecule has 0 unspecified atom stereocenters. The van der Waals surface area contributed by atoms with Crippen LogP contribution < -0.4 is 0 Å². The zero-order chi connectivity index (χ0) is 10.7. The Morgan fingerprint density at radius 3 is 2.15 bits per heavy atom. The third-order valence-electron chi connectivity index (χ3n) is 1.19. The first-order chi connectivity index (χ1) is 6.24. The number of hydrogen-bond donors (Lipinski definition) is 0. The van der Waals surface area contributed by atoms with Crippen LogP contribution in [0, 0.1) is 0 Å². The first-order valence-corrected chi connectivity index (χ1v) is 4.31. The summed E-state index contributed by atoms with van der Waals surface area (Å²) in [5.41, 5.74) is 1.51. The number of carbonyl (C=O) groups excluding carboxylic acids is 1. The van der Waals surface area contributed by atoms with Gasteiger partial charge in [-0.05, 0) is 11.1 Å². The van der Waals surface area contributed by atoms with Gasteiger partial charge in [0.15, 0.2) is 0 Å². The van der Waals surface area contributed by atoms with Gasteiger partial charge in [0, 0.05) is 6.42 Å². The van der Waals surface area contributed by atoms with E-state index in [2.05, 4.69) is 19.7 Å². The van der Waals surface area contributed by atoms with E-state index in [9.17, 15) is 4.79 Å². The van der Waals surface area contributed by atoms with Gasteiger partial charge in [0.05, 0.1) is 0 Å². The molecule has 0 bridgehead atoms. The molecule has 0 aromatic heterocycles. The summed E-state index contributed by atoms with van der Waals surface area (Å²) in [5, 5.41) is 0. The molecule has 0 fully saturated rings. The molecular formula is C12H18O. The first kappa shape index (κ1) is 14.2. The Balaban J connectivity index is 0. The minimum Gasteiger partial charge on any atom is -0.298 e. The number of rotatable bonds is 5. The van der Waals surface area contributed by atoms with Crippen molar-refractivity contribution in [2.24, 2.45) is 0 Å². The molecule has 0 aromatic rings. The summed E-state index contributed by atoms with van der Waals surface area (Å²) >= 11 is 0. The summed E-state index contributed by atoms with van der Waals surface area (Å²) < 4.78 is 0. The minimum absolute atomic E-state index is 0.554. The van der Waals surface area contributed by atoms with Crippen molar-refractivity contribution in [1.29, 1.82) is 0 Å². The van der Waals surface area contributed by atoms with Crippen LogP contribution in [0.15, 0.2) is 49.1 Å². The van der Waals surface area contributed by atoms with E-state index < -0.39 is 0 Å². The lowest BCUT2D eigenvalue weighted by atomic mass is 10.1. The maximum absolute atomic E-state index is 10.2. The predicted molar refractivity (Wildman–Crippen MR) is 59.6 cm³/mol. The minimum atomic E-state index is 0.554. The molecule has 72 valence electrons. The molecule has 1 heteroatoms. The van der Waals surface area contributed by atoms with E-state index in [1.165, 1.54) is 0 Å². The molecule has 0 saturated carbocycles. The van der Waals surface area contributed by atoms with E-state index in [1.54, 1.807) is 12.2 Å². The second-order valence-corrected chi connectivity index (χ2v) is 2.13. The van der Waals surface area contributed by atoms with Crippen LogP contribution in [-0.2, 0) is 4.79 Å². The average molecular weight is 178 g/mol. The van der Waals surface area contributed by atoms with Gasteiger partial charge in [0.25, 0.3) is 0 Å². The monoisotopic (exact) mass is 178 g/mol. The van der Waals surface area contributed by atoms with Crippen LogP contribution in [0.2, 0.25) is 0 Å². The Morgan fingerprint density at radius 1 is 1.31 bits per heavy atom. The molecule has 0 saturated heterocycles. The fourth-order valence-electron chi connectivity index (χ4n) is 0.654. The van der Waals surface area contributed by atoms with Gasteiger partial charge in [-0.15, -0.1) is 0 Å². The molecule has 0 radical (unpaired) electrons. The highest BCUT2D eigenvalue weighted by Gasteiger charge is 1.93. The summed E-state index contributed by atoms with van der Waals surface area (Å²) in [6.45, 7) is 14.7. The maximum Gasteiger partial charge on any atom is 0.145 e. The molecule has 0 atom stereocenters. The van der Waals surface area contributed by atoms with E-state index >= 15 is 0 Å². The molecule has 0 aliphatic heterocycles. The summed E-state index contributed by atoms with van der Waals surface area (Å²) in [7, 11) is 0. The van der Waals surface area contributed by atoms with Crippen molar-refractivity contribution < 1.29 is 4.79 Å². The third kappa shape index (κ3) is 8.54. The van der Waals surface area contributed by atoms with Crippen LogP contribution in [0.1, 0.15) is 20.3 Å². The van der Waals surface area contributed by atoms with Gasteiger partial charge in [-0.25, -0.2) is 0 Å². The van der Waals surface area contributed by atoms with Crippen molar-refractivity contribution in [3.05, 3.63) is 49.1 Å². The lowest BCUT2D eigenvalue weighted by molar-refractivity contribution is -0.104. The Hall–Kier alpha value is -1.37. The fourth-order valence-corrected chi connectivity index (χ4v) is 0.654. The van der Waals surface area contributed by atoms with Crippen molar-refractivity contribution in [3.63, 3.8) is 0 Å². The van der Waals surface area contributed by atoms with Crippen LogP contribution in [-0.4, -0.2) is 6.29 Å². The number of hydrogen-bond acceptors (Lipinski definition) is 1. The molecule has 0 heterocycles. The van der Waals surface area contributed by atoms with Crippen LogP contribution in [0.5, 0.6) is 0 Å². The van der Waals surface area contributed by atoms with Gasteiger partial charge in [-0.2, -0.15) is 0 Å². The topological polar surface area (TPSA) is 17.1 Å². The summed E-state index contributed by atoms with van der Waals surface area (Å²) in [5.74, 6) is 0. The fraction of sp³-hybridized carbons (Fsp3) is 0.250. The molecule has 1 nitrogen and oxygen atoms in total. The Morgan fingerprint density at radius 2 is 1.85 bits per heavy atom. The Bertz CT molecular complexity index is 209. The molecular weight excluding hydrogens is 160 g/mol. The van der Waals surface area contributed by atoms with Gasteiger partial charge >= 0.3 is 0 Å². The molecule has 0 aromatic carbocycles. The second kappa shape index (κ2) is 10.6. The highest BCUT2D eigenvalue weighted by Crippen LogP contribution is 2.07. The summed E-state index contributed by atoms with van der Waals surface area (Å²) in [6, 6.07) is 0. The lowest BCUT2D eigenvalue weighted by Gasteiger charge is -1.96. The van der Waals surface area contributed by atoms with Gasteiger partial charge in [-0.3, -0.25) is 4.79 Å². The first-order valence-electron chi connectivity index (χ1n) is 4.31. The third-order valence-corrected chi connectivity index (χ3v) is 1.19. The molecule has 0 aliphatic rings. The molecule has 0 aliphatic carbocycles. The molecule has 0 amide bonds. The smallest absolute Gasteiger partial charge is 0.145 e. The van der Waals surface area contributed by atoms with Gasteiger partial charge in [0.2, 0.25) is 0 Å². The maximum atomic E-state index is 10.2. The summed E-state index contributed by atoms with van der Waals surface area (Å²) in [6.07, 6.45) is 6.46. The molecule has 0 N–H and O–H groups in total. The van der Waals surface area contributed by atoms with Gasteiger partial charge < -0.3 is 0 Å². The molecule has 0 rings (SSSR count). The van der Waals surface area contributed by atoms with Crippen molar-refractivity contribution in [1.82, 2.24) is 0 Å². The van der Waals surface area contributed by atoms with Crippen molar-refractivity contribution in [2.45, 2.75) is 20.3 Å². The van der Waals surface area contributed by atoms with Gasteiger partial charge in [0.1, 0.15) is 6.29 Å². The number of aldehydes is 1. The van der Waals surface area contributed by atoms with Crippen LogP contribution in [0.25, 0.3) is 0 Å². The SMILES string of the molecule is C=C/C=C(\C=C)CC(=C)C=O.CC. The van der Waals surface area contributed by atoms with Crippen molar-refractivity contribution >= 4 is 6.29 Å². The van der Waals surface area contributed by atoms with E-state index in [-0.39, 0.29) is 0 Å². The Labute approximate surface area is 81.2 Å². The number of allylic oxidation sites excluding steroid dienone is 5. The quantitative estimate of drug-likeness (QED) is 0.358. The standard InChI is InChI=1S/C10H12O.C2H6/c1-4-6-10(5-2)7-9(3)8-11;1-2/h4-6,8H,1-3,7H2;1-2H3/b10-6+;. The number of carbonyl (C=O) groups is 1. The molecule has 13 heavy (non-hydrogen) atoms. The van der Waals surface area contributed by atoms with E-state index in [1.807, 2.05) is 19.9 Å². The van der Waals surface area contributed by atoms with E-state index in [0.29, 0.717) is 12.0 Å². The second-order valence-electron chi connectivity index (χ2n) is 2.13. The van der Waals surface area contributed by atoms with Crippen LogP contribution >= 0.6 is 0 Å². The highest BCUT2D eigenvalue weighted by molar-refractivity contribution is 5.73. The van der Waals surface area contributed by atoms with Crippen molar-refractivity contribution in [3.8, 4) is 0 Å². The van der Waals surface area contributed by atoms with E-state index in [0.717, 1.165) is 11.9 Å². The largest absolute Gasteiger partial charge is 0.298 e. The Kier molecular flexibility index (Phi) is 11.6. The average Bonchev–Trinajstić information content (AvgIpc) is 2.20. The van der Waals surface area contributed by atoms with Crippen LogP contribution in [0.4, 0.5) is 0 Å². The zero-order valence-electron chi connectivity index (χ0n) is 8.55.